The first-order valence-electron chi connectivity index (χ1n) is 10.9. The van der Waals surface area contributed by atoms with E-state index in [1.807, 2.05) is 0 Å². The first kappa shape index (κ1) is 20.1. The van der Waals surface area contributed by atoms with E-state index in [9.17, 15) is 19.2 Å². The van der Waals surface area contributed by atoms with Crippen LogP contribution < -0.4 is 31.7 Å². The summed E-state index contributed by atoms with van der Waals surface area (Å²) >= 11 is 3.39. The second-order valence-corrected chi connectivity index (χ2v) is 9.45. The van der Waals surface area contributed by atoms with Crippen molar-refractivity contribution in [2.24, 2.45) is 0 Å². The second kappa shape index (κ2) is 6.84. The van der Waals surface area contributed by atoms with Crippen molar-refractivity contribution in [1.82, 2.24) is 0 Å². The molecule has 0 radical (unpaired) electrons. The van der Waals surface area contributed by atoms with Crippen molar-refractivity contribution >= 4 is 81.1 Å². The van der Waals surface area contributed by atoms with Gasteiger partial charge in [0.05, 0.1) is 0 Å². The van der Waals surface area contributed by atoms with Crippen LogP contribution in [0.4, 0.5) is 0 Å². The molecule has 0 aliphatic carbocycles. The highest BCUT2D eigenvalue weighted by atomic mass is 79.9. The first-order chi connectivity index (χ1) is 17.0. The molecule has 0 fully saturated rings. The number of rotatable bonds is 0. The Morgan fingerprint density at radius 1 is 0.457 bits per heavy atom. The average molecular weight is 521 g/mol. The molecule has 0 spiro atoms. The Bertz CT molecular complexity index is 2320. The standard InChI is InChI=1S/C28H11BrN2O4/c29-17-7-3-6-14-20(17)27(34)16-9-11-19-24(22(16)28(14)35)31-18-10-8-15-21(23(18)30-19)26(33)13-5-2-1-4-12(13)25(15)32/h1-11H/p+2. The molecule has 164 valence electrons. The van der Waals surface area contributed by atoms with Crippen molar-refractivity contribution in [3.63, 3.8) is 0 Å². The summed E-state index contributed by atoms with van der Waals surface area (Å²) in [6.07, 6.45) is 0. The van der Waals surface area contributed by atoms with Gasteiger partial charge in [-0.1, -0.05) is 52.3 Å². The van der Waals surface area contributed by atoms with Crippen molar-refractivity contribution in [2.75, 3.05) is 0 Å². The molecule has 1 heterocycles. The third-order valence-corrected chi connectivity index (χ3v) is 7.44. The summed E-state index contributed by atoms with van der Waals surface area (Å²) in [6, 6.07) is 18.5. The van der Waals surface area contributed by atoms with Gasteiger partial charge in [0, 0.05) is 48.9 Å². The van der Waals surface area contributed by atoms with Crippen LogP contribution >= 0.6 is 15.9 Å². The number of aromatic amines is 2. The van der Waals surface area contributed by atoms with E-state index in [-0.39, 0.29) is 27.1 Å². The van der Waals surface area contributed by atoms with Gasteiger partial charge in [0.25, 0.3) is 22.1 Å². The van der Waals surface area contributed by atoms with E-state index in [4.69, 9.17) is 0 Å². The maximum atomic E-state index is 13.5. The van der Waals surface area contributed by atoms with Crippen LogP contribution in [0, 0.1) is 0 Å². The molecule has 6 nitrogen and oxygen atoms in total. The molecule has 1 aromatic heterocycles. The fraction of sp³-hybridized carbons (Fsp3) is 0. The van der Waals surface area contributed by atoms with Crippen LogP contribution in [0.1, 0.15) is 0 Å². The average Bonchev–Trinajstić information content (AvgIpc) is 2.88. The van der Waals surface area contributed by atoms with Gasteiger partial charge in [-0.2, -0.15) is 9.97 Å². The molecular formula is C28H13BrN2O4+2. The van der Waals surface area contributed by atoms with E-state index in [0.29, 0.717) is 64.2 Å². The zero-order valence-corrected chi connectivity index (χ0v) is 19.4. The number of H-pyrrole nitrogens is 2. The minimum atomic E-state index is -0.261. The van der Waals surface area contributed by atoms with Crippen molar-refractivity contribution in [2.45, 2.75) is 0 Å². The zero-order chi connectivity index (χ0) is 24.0. The van der Waals surface area contributed by atoms with E-state index in [2.05, 4.69) is 25.9 Å². The third-order valence-electron chi connectivity index (χ3n) is 6.78. The van der Waals surface area contributed by atoms with Gasteiger partial charge in [0.15, 0.2) is 10.9 Å². The van der Waals surface area contributed by atoms with Gasteiger partial charge in [-0.3, -0.25) is 19.2 Å². The Balaban J connectivity index is 1.72. The number of aromatic nitrogens is 2. The molecule has 7 rings (SSSR count). The number of nitrogens with one attached hydrogen (secondary N) is 2. The lowest BCUT2D eigenvalue weighted by molar-refractivity contribution is -0.359. The normalized spacial score (nSPS) is 12.0. The SMILES string of the molecule is O=c1c2ccccc2c(=O)c2c1ccc1[nH+]c3c(ccc4c(=O)c5c(Br)cccc5c(=O)c43)[nH+]c12. The van der Waals surface area contributed by atoms with Crippen LogP contribution in [0.15, 0.2) is 90.4 Å². The number of hydrogen-bond donors (Lipinski definition) is 0. The van der Waals surface area contributed by atoms with E-state index in [1.54, 1.807) is 66.7 Å². The Morgan fingerprint density at radius 2 is 0.914 bits per heavy atom. The van der Waals surface area contributed by atoms with Crippen molar-refractivity contribution in [3.05, 3.63) is 112 Å². The number of halogens is 1. The molecule has 0 aliphatic rings. The maximum absolute atomic E-state index is 13.5. The zero-order valence-electron chi connectivity index (χ0n) is 17.9. The highest BCUT2D eigenvalue weighted by Gasteiger charge is 2.25. The Morgan fingerprint density at radius 3 is 1.54 bits per heavy atom. The van der Waals surface area contributed by atoms with Crippen LogP contribution in [-0.2, 0) is 0 Å². The molecule has 0 bridgehead atoms. The summed E-state index contributed by atoms with van der Waals surface area (Å²) < 4.78 is 0.572. The topological polar surface area (TPSA) is 96.6 Å². The van der Waals surface area contributed by atoms with E-state index < -0.39 is 0 Å². The lowest BCUT2D eigenvalue weighted by Crippen LogP contribution is -2.24. The fourth-order valence-corrected chi connectivity index (χ4v) is 5.71. The van der Waals surface area contributed by atoms with Gasteiger partial charge < -0.3 is 0 Å². The van der Waals surface area contributed by atoms with Crippen molar-refractivity contribution in [3.8, 4) is 0 Å². The van der Waals surface area contributed by atoms with E-state index in [0.717, 1.165) is 0 Å². The van der Waals surface area contributed by atoms with Crippen LogP contribution in [0.3, 0.4) is 0 Å². The lowest BCUT2D eigenvalue weighted by atomic mass is 9.99. The summed E-state index contributed by atoms with van der Waals surface area (Å²) in [5.74, 6) is 0. The minimum Gasteiger partial charge on any atom is -0.289 e. The number of hydrogen-bond acceptors (Lipinski definition) is 4. The molecule has 0 amide bonds. The first-order valence-corrected chi connectivity index (χ1v) is 11.7. The lowest BCUT2D eigenvalue weighted by Gasteiger charge is -2.03. The van der Waals surface area contributed by atoms with E-state index in [1.165, 1.54) is 0 Å². The minimum absolute atomic E-state index is 0.209. The Hall–Kier alpha value is -4.36. The monoisotopic (exact) mass is 520 g/mol. The molecular weight excluding hydrogens is 508 g/mol. The number of benzene rings is 6. The fourth-order valence-electron chi connectivity index (χ4n) is 5.17. The quantitative estimate of drug-likeness (QED) is 0.226. The molecule has 0 saturated carbocycles. The Labute approximate surface area is 202 Å². The van der Waals surface area contributed by atoms with Gasteiger partial charge in [-0.05, 0) is 18.2 Å². The molecule has 0 atom stereocenters. The highest BCUT2D eigenvalue weighted by molar-refractivity contribution is 9.10. The summed E-state index contributed by atoms with van der Waals surface area (Å²) in [4.78, 5) is 59.8. The van der Waals surface area contributed by atoms with Gasteiger partial charge in [0.2, 0.25) is 10.9 Å². The second-order valence-electron chi connectivity index (χ2n) is 8.60. The predicted octanol–water partition coefficient (Wildman–Crippen LogP) is 3.31. The molecule has 0 unspecified atom stereocenters. The van der Waals surface area contributed by atoms with Gasteiger partial charge >= 0.3 is 0 Å². The summed E-state index contributed by atoms with van der Waals surface area (Å²) in [7, 11) is 0. The third kappa shape index (κ3) is 2.53. The van der Waals surface area contributed by atoms with Gasteiger partial charge in [-0.15, -0.1) is 0 Å². The molecule has 7 heteroatoms. The summed E-state index contributed by atoms with van der Waals surface area (Å²) in [6.45, 7) is 0. The number of fused-ring (bicyclic) bond motifs is 8. The van der Waals surface area contributed by atoms with Crippen molar-refractivity contribution < 1.29 is 9.97 Å². The van der Waals surface area contributed by atoms with Crippen LogP contribution in [0.25, 0.3) is 65.2 Å². The Kier molecular flexibility index (Phi) is 3.92. The van der Waals surface area contributed by atoms with E-state index >= 15 is 0 Å². The summed E-state index contributed by atoms with van der Waals surface area (Å²) in [5, 5.41) is 2.64. The molecule has 35 heavy (non-hydrogen) atoms. The molecule has 0 saturated heterocycles. The molecule has 7 aromatic rings. The maximum Gasteiger partial charge on any atom is 0.288 e. The molecule has 6 aromatic carbocycles. The highest BCUT2D eigenvalue weighted by Crippen LogP contribution is 2.25. The van der Waals surface area contributed by atoms with Crippen LogP contribution in [-0.4, -0.2) is 0 Å². The van der Waals surface area contributed by atoms with Crippen LogP contribution in [0.5, 0.6) is 0 Å². The van der Waals surface area contributed by atoms with Gasteiger partial charge in [0.1, 0.15) is 10.8 Å². The smallest absolute Gasteiger partial charge is 0.288 e. The van der Waals surface area contributed by atoms with Crippen molar-refractivity contribution in [1.29, 1.82) is 0 Å². The predicted molar refractivity (Wildman–Crippen MR) is 140 cm³/mol. The molecule has 0 aliphatic heterocycles. The molecule has 2 N–H and O–H groups in total. The largest absolute Gasteiger partial charge is 0.289 e. The van der Waals surface area contributed by atoms with Gasteiger partial charge in [-0.25, -0.2) is 0 Å². The van der Waals surface area contributed by atoms with Crippen LogP contribution in [0.2, 0.25) is 0 Å². The summed E-state index contributed by atoms with van der Waals surface area (Å²) in [5.41, 5.74) is 1.08.